The van der Waals surface area contributed by atoms with Crippen LogP contribution in [0.3, 0.4) is 0 Å². The number of carboxylic acids is 5. The molecular weight excluding hydrogens is 336 g/mol. The molecule has 13 heteroatoms. The van der Waals surface area contributed by atoms with Gasteiger partial charge in [-0.1, -0.05) is 0 Å². The first kappa shape index (κ1) is 26.0. The molecule has 0 amide bonds. The molecule has 0 rings (SSSR count). The topological polar surface area (TPSA) is 227 Å². The molecule has 0 saturated carbocycles. The number of aliphatic hydroxyl groups is 2. The van der Waals surface area contributed by atoms with E-state index in [0.29, 0.717) is 0 Å². The quantitative estimate of drug-likeness (QED) is 0.225. The van der Waals surface area contributed by atoms with Crippen LogP contribution in [-0.2, 0) is 24.0 Å². The molecule has 0 heterocycles. The van der Waals surface area contributed by atoms with Crippen LogP contribution in [0.15, 0.2) is 0 Å². The molecule has 130 valence electrons. The van der Waals surface area contributed by atoms with Gasteiger partial charge < -0.3 is 38.6 Å². The third-order valence-corrected chi connectivity index (χ3v) is 1.94. The summed E-state index contributed by atoms with van der Waals surface area (Å²) >= 11 is 0. The minimum Gasteiger partial charge on any atom is -1.00 e. The number of carbonyl (C=O) groups is 5. The Morgan fingerprint density at radius 3 is 1.30 bits per heavy atom. The molecule has 7 N–H and O–H groups in total. The second-order valence-corrected chi connectivity index (χ2v) is 3.93. The summed E-state index contributed by atoms with van der Waals surface area (Å²) in [5, 5.41) is 58.0. The largest absolute Gasteiger partial charge is 2.00 e. The zero-order valence-corrected chi connectivity index (χ0v) is 13.0. The number of hydrogen-bond acceptors (Lipinski definition) is 7. The Morgan fingerprint density at radius 1 is 0.826 bits per heavy atom. The van der Waals surface area contributed by atoms with Crippen LogP contribution in [0.1, 0.15) is 22.1 Å². The van der Waals surface area contributed by atoms with Crippen LogP contribution in [0.2, 0.25) is 0 Å². The van der Waals surface area contributed by atoms with Crippen molar-refractivity contribution in [3.63, 3.8) is 0 Å². The van der Waals surface area contributed by atoms with Gasteiger partial charge in [0.15, 0.2) is 11.7 Å². The Bertz CT molecular complexity index is 453. The van der Waals surface area contributed by atoms with Crippen LogP contribution in [0.4, 0.5) is 0 Å². The Kier molecular flexibility index (Phi) is 13.1. The molecule has 0 aromatic rings. The van der Waals surface area contributed by atoms with Crippen LogP contribution in [-0.4, -0.2) is 100 Å². The van der Waals surface area contributed by atoms with Crippen molar-refractivity contribution >= 4 is 52.9 Å². The third-order valence-electron chi connectivity index (χ3n) is 1.94. The smallest absolute Gasteiger partial charge is 1.00 e. The van der Waals surface area contributed by atoms with Crippen LogP contribution in [0.25, 0.3) is 0 Å². The Labute approximate surface area is 147 Å². The van der Waals surface area contributed by atoms with Crippen molar-refractivity contribution in [2.45, 2.75) is 31.0 Å². The van der Waals surface area contributed by atoms with E-state index < -0.39 is 60.8 Å². The first-order valence-corrected chi connectivity index (χ1v) is 5.34. The monoisotopic (exact) mass is 352 g/mol. The summed E-state index contributed by atoms with van der Waals surface area (Å²) in [6.45, 7) is 0. The summed E-state index contributed by atoms with van der Waals surface area (Å²) in [5.74, 6) is -7.86. The van der Waals surface area contributed by atoms with E-state index in [4.69, 9.17) is 35.7 Å². The molecule has 0 aromatic carbocycles. The fraction of sp³-hybridized carbons (Fsp3) is 0.500. The summed E-state index contributed by atoms with van der Waals surface area (Å²) in [6, 6.07) is 0. The molecule has 0 aliphatic heterocycles. The Morgan fingerprint density at radius 2 is 1.17 bits per heavy atom. The Balaban J connectivity index is -0.0000001000. The number of aliphatic hydroxyl groups excluding tert-OH is 1. The van der Waals surface area contributed by atoms with Crippen molar-refractivity contribution in [2.75, 3.05) is 0 Å². The van der Waals surface area contributed by atoms with Gasteiger partial charge in [-0.25, -0.2) is 9.59 Å². The molecule has 0 bridgehead atoms. The molecule has 23 heavy (non-hydrogen) atoms. The van der Waals surface area contributed by atoms with Crippen molar-refractivity contribution in [1.82, 2.24) is 0 Å². The second kappa shape index (κ2) is 11.6. The minimum atomic E-state index is -2.74. The third kappa shape index (κ3) is 13.4. The molecule has 0 aliphatic rings. The fourth-order valence-electron chi connectivity index (χ4n) is 0.967. The number of carboxylic acid groups (broad SMARTS) is 5. The van der Waals surface area contributed by atoms with Crippen molar-refractivity contribution in [1.29, 1.82) is 0 Å². The average Bonchev–Trinajstić information content (AvgIpc) is 2.25. The molecule has 0 radical (unpaired) electrons. The van der Waals surface area contributed by atoms with Gasteiger partial charge >= 0.3 is 52.9 Å². The van der Waals surface area contributed by atoms with Crippen LogP contribution in [0.5, 0.6) is 0 Å². The molecule has 0 spiro atoms. The fourth-order valence-corrected chi connectivity index (χ4v) is 0.967. The van der Waals surface area contributed by atoms with Crippen molar-refractivity contribution in [2.24, 2.45) is 0 Å². The average molecular weight is 353 g/mol. The molecule has 1 unspecified atom stereocenters. The van der Waals surface area contributed by atoms with E-state index in [1.165, 1.54) is 0 Å². The molecule has 0 saturated heterocycles. The van der Waals surface area contributed by atoms with Crippen LogP contribution < -0.4 is 0 Å². The SMILES string of the molecule is O=C(O)CC(O)(CC(=O)O)C(=O)O.O=C(O)CC(O)C(=O)O.[H-].[H-].[Mg+2]. The van der Waals surface area contributed by atoms with Crippen molar-refractivity contribution in [3.05, 3.63) is 0 Å². The zero-order valence-electron chi connectivity index (χ0n) is 13.6. The van der Waals surface area contributed by atoms with Crippen molar-refractivity contribution < 1.29 is 62.6 Å². The summed E-state index contributed by atoms with van der Waals surface area (Å²) < 4.78 is 0. The molecule has 0 aromatic heterocycles. The maximum atomic E-state index is 10.3. The minimum absolute atomic E-state index is 0. The van der Waals surface area contributed by atoms with Gasteiger partial charge in [-0.15, -0.1) is 0 Å². The summed E-state index contributed by atoms with van der Waals surface area (Å²) in [6.07, 6.45) is -4.83. The molecular formula is C10H16MgO12. The molecule has 12 nitrogen and oxygen atoms in total. The van der Waals surface area contributed by atoms with Crippen molar-refractivity contribution in [3.8, 4) is 0 Å². The first-order valence-electron chi connectivity index (χ1n) is 5.34. The van der Waals surface area contributed by atoms with Gasteiger partial charge in [0.05, 0.1) is 19.3 Å². The number of aliphatic carboxylic acids is 5. The van der Waals surface area contributed by atoms with E-state index >= 15 is 0 Å². The van der Waals surface area contributed by atoms with Gasteiger partial charge in [0.2, 0.25) is 0 Å². The molecule has 0 aliphatic carbocycles. The summed E-state index contributed by atoms with van der Waals surface area (Å²) in [4.78, 5) is 49.9. The molecule has 1 atom stereocenters. The van der Waals surface area contributed by atoms with Gasteiger partial charge in [0.1, 0.15) is 0 Å². The predicted molar refractivity (Wildman–Crippen MR) is 71.0 cm³/mol. The maximum Gasteiger partial charge on any atom is 2.00 e. The number of rotatable bonds is 8. The van der Waals surface area contributed by atoms with E-state index in [0.717, 1.165) is 0 Å². The van der Waals surface area contributed by atoms with Gasteiger partial charge in [0, 0.05) is 0 Å². The zero-order chi connectivity index (χ0) is 18.1. The van der Waals surface area contributed by atoms with Gasteiger partial charge in [-0.2, -0.15) is 0 Å². The first-order chi connectivity index (χ1) is 9.81. The normalized spacial score (nSPS) is 11.0. The van der Waals surface area contributed by atoms with Crippen LogP contribution >= 0.6 is 0 Å². The summed E-state index contributed by atoms with van der Waals surface area (Å²) in [5.41, 5.74) is -2.74. The van der Waals surface area contributed by atoms with E-state index in [1.54, 1.807) is 0 Å². The van der Waals surface area contributed by atoms with Gasteiger partial charge in [-0.05, 0) is 0 Å². The second-order valence-electron chi connectivity index (χ2n) is 3.93. The predicted octanol–water partition coefficient (Wildman–Crippen LogP) is -2.50. The Hall–Kier alpha value is -1.96. The van der Waals surface area contributed by atoms with Gasteiger partial charge in [-0.3, -0.25) is 14.4 Å². The van der Waals surface area contributed by atoms with E-state index in [9.17, 15) is 24.0 Å². The number of hydrogen-bond donors (Lipinski definition) is 7. The van der Waals surface area contributed by atoms with E-state index in [-0.39, 0.29) is 25.9 Å². The van der Waals surface area contributed by atoms with E-state index in [2.05, 4.69) is 0 Å². The maximum absolute atomic E-state index is 10.3. The molecule has 0 fully saturated rings. The standard InChI is InChI=1S/C6H8O7.C4H6O5.Mg.2H/c7-3(8)1-6(13,5(11)12)2-4(9)10;5-2(4(8)9)1-3(6)7;;;/h13H,1-2H2,(H,7,8)(H,9,10)(H,11,12);2,5H,1H2,(H,6,7)(H,8,9);;;/q;;+2;2*-1. The summed E-state index contributed by atoms with van der Waals surface area (Å²) in [7, 11) is 0. The van der Waals surface area contributed by atoms with E-state index in [1.807, 2.05) is 0 Å². The van der Waals surface area contributed by atoms with Crippen LogP contribution in [0, 0.1) is 0 Å². The van der Waals surface area contributed by atoms with Gasteiger partial charge in [0.25, 0.3) is 0 Å².